The number of carbonyl (C=O) groups excluding carboxylic acids is 1. The smallest absolute Gasteiger partial charge is 0.263 e. The molecule has 0 aliphatic heterocycles. The predicted molar refractivity (Wildman–Crippen MR) is 123 cm³/mol. The minimum Gasteiger partial charge on any atom is -0.493 e. The maximum Gasteiger partial charge on any atom is 0.263 e. The van der Waals surface area contributed by atoms with Gasteiger partial charge >= 0.3 is 0 Å². The van der Waals surface area contributed by atoms with Crippen LogP contribution in [-0.4, -0.2) is 29.0 Å². The summed E-state index contributed by atoms with van der Waals surface area (Å²) in [7, 11) is 1.55. The van der Waals surface area contributed by atoms with E-state index in [0.717, 1.165) is 16.8 Å². The Morgan fingerprint density at radius 1 is 1.06 bits per heavy atom. The van der Waals surface area contributed by atoms with Gasteiger partial charge in [-0.25, -0.2) is 4.98 Å². The van der Waals surface area contributed by atoms with Gasteiger partial charge in [-0.2, -0.15) is 0 Å². The number of carbonyl (C=O) groups is 1. The molecular formula is C23H19Cl2N3O3. The first-order valence-electron chi connectivity index (χ1n) is 9.46. The van der Waals surface area contributed by atoms with Crippen LogP contribution in [-0.2, 0) is 4.79 Å². The number of imidazole rings is 1. The summed E-state index contributed by atoms with van der Waals surface area (Å²) in [5.41, 5.74) is 3.01. The molecule has 0 atom stereocenters. The molecule has 158 valence electrons. The summed E-state index contributed by atoms with van der Waals surface area (Å²) in [5.74, 6) is 1.22. The number of hydrogen-bond donors (Lipinski definition) is 1. The lowest BCUT2D eigenvalue weighted by molar-refractivity contribution is -0.118. The van der Waals surface area contributed by atoms with Crippen molar-refractivity contribution >= 4 is 40.6 Å². The highest BCUT2D eigenvalue weighted by atomic mass is 35.5. The standard InChI is InChI=1S/C23H19Cl2N3O3/c1-14-6-5-11-28-22(14)27-21(15-9-10-16(24)17(25)12-15)23(28)26-20(29)13-31-19-8-4-3-7-18(19)30-2/h3-12H,13H2,1-2H3,(H,26,29). The molecule has 0 radical (unpaired) electrons. The minimum absolute atomic E-state index is 0.194. The van der Waals surface area contributed by atoms with Gasteiger partial charge in [0.15, 0.2) is 18.1 Å². The van der Waals surface area contributed by atoms with E-state index in [1.54, 1.807) is 31.4 Å². The van der Waals surface area contributed by atoms with Crippen LogP contribution in [0.1, 0.15) is 5.56 Å². The second kappa shape index (κ2) is 8.88. The van der Waals surface area contributed by atoms with Crippen LogP contribution in [0.2, 0.25) is 10.0 Å². The third-order valence-electron chi connectivity index (χ3n) is 4.72. The molecule has 8 heteroatoms. The van der Waals surface area contributed by atoms with Crippen molar-refractivity contribution in [1.29, 1.82) is 0 Å². The molecule has 0 bridgehead atoms. The summed E-state index contributed by atoms with van der Waals surface area (Å²) in [4.78, 5) is 17.5. The Labute approximate surface area is 189 Å². The van der Waals surface area contributed by atoms with Crippen LogP contribution in [0.4, 0.5) is 5.82 Å². The van der Waals surface area contributed by atoms with Crippen molar-refractivity contribution in [3.05, 3.63) is 76.4 Å². The third-order valence-corrected chi connectivity index (χ3v) is 5.46. The number of methoxy groups -OCH3 is 1. The van der Waals surface area contributed by atoms with Gasteiger partial charge in [0.1, 0.15) is 17.2 Å². The van der Waals surface area contributed by atoms with Gasteiger partial charge in [0.2, 0.25) is 0 Å². The lowest BCUT2D eigenvalue weighted by Crippen LogP contribution is -2.21. The largest absolute Gasteiger partial charge is 0.493 e. The number of hydrogen-bond acceptors (Lipinski definition) is 4. The summed E-state index contributed by atoms with van der Waals surface area (Å²) in [6.07, 6.45) is 1.84. The lowest BCUT2D eigenvalue weighted by atomic mass is 10.1. The van der Waals surface area contributed by atoms with Gasteiger partial charge in [0.05, 0.1) is 17.2 Å². The van der Waals surface area contributed by atoms with E-state index >= 15 is 0 Å². The maximum absolute atomic E-state index is 12.8. The zero-order chi connectivity index (χ0) is 22.0. The Balaban J connectivity index is 1.66. The Bertz CT molecular complexity index is 1270. The number of ether oxygens (including phenoxy) is 2. The Morgan fingerprint density at radius 3 is 2.58 bits per heavy atom. The third kappa shape index (κ3) is 4.31. The number of rotatable bonds is 6. The van der Waals surface area contributed by atoms with E-state index in [1.165, 1.54) is 0 Å². The minimum atomic E-state index is -0.337. The number of halogens is 2. The van der Waals surface area contributed by atoms with E-state index in [9.17, 15) is 4.79 Å². The number of aromatic nitrogens is 2. The molecule has 31 heavy (non-hydrogen) atoms. The van der Waals surface area contributed by atoms with E-state index in [1.807, 2.05) is 47.9 Å². The Hall–Kier alpha value is -3.22. The topological polar surface area (TPSA) is 64.9 Å². The number of nitrogens with zero attached hydrogens (tertiary/aromatic N) is 2. The zero-order valence-corrected chi connectivity index (χ0v) is 18.4. The molecule has 4 aromatic rings. The van der Waals surface area contributed by atoms with Gasteiger partial charge in [0, 0.05) is 11.8 Å². The van der Waals surface area contributed by atoms with Crippen molar-refractivity contribution in [1.82, 2.24) is 9.38 Å². The predicted octanol–water partition coefficient (Wildman–Crippen LogP) is 5.64. The fourth-order valence-electron chi connectivity index (χ4n) is 3.22. The van der Waals surface area contributed by atoms with E-state index in [-0.39, 0.29) is 12.5 Å². The SMILES string of the molecule is COc1ccccc1OCC(=O)Nc1c(-c2ccc(Cl)c(Cl)c2)nc2c(C)cccn12. The molecule has 1 N–H and O–H groups in total. The summed E-state index contributed by atoms with van der Waals surface area (Å²) < 4.78 is 12.7. The van der Waals surface area contributed by atoms with Gasteiger partial charge in [-0.15, -0.1) is 0 Å². The fourth-order valence-corrected chi connectivity index (χ4v) is 3.52. The summed E-state index contributed by atoms with van der Waals surface area (Å²) >= 11 is 12.3. The van der Waals surface area contributed by atoms with Crippen LogP contribution in [0.3, 0.4) is 0 Å². The highest BCUT2D eigenvalue weighted by Crippen LogP contribution is 2.34. The van der Waals surface area contributed by atoms with Gasteiger partial charge in [0.25, 0.3) is 5.91 Å². The average Bonchev–Trinajstić information content (AvgIpc) is 3.14. The van der Waals surface area contributed by atoms with Crippen molar-refractivity contribution in [2.24, 2.45) is 0 Å². The van der Waals surface area contributed by atoms with Crippen LogP contribution in [0, 0.1) is 6.92 Å². The molecule has 0 unspecified atom stereocenters. The normalized spacial score (nSPS) is 10.8. The Morgan fingerprint density at radius 2 is 1.84 bits per heavy atom. The van der Waals surface area contributed by atoms with Crippen LogP contribution in [0.15, 0.2) is 60.8 Å². The first-order chi connectivity index (χ1) is 15.0. The molecule has 1 amide bonds. The van der Waals surface area contributed by atoms with Crippen molar-refractivity contribution in [3.63, 3.8) is 0 Å². The van der Waals surface area contributed by atoms with Crippen molar-refractivity contribution in [3.8, 4) is 22.8 Å². The molecule has 0 aliphatic carbocycles. The number of aryl methyl sites for hydroxylation is 1. The molecule has 2 aromatic carbocycles. The zero-order valence-electron chi connectivity index (χ0n) is 16.9. The number of fused-ring (bicyclic) bond motifs is 1. The molecule has 0 saturated carbocycles. The highest BCUT2D eigenvalue weighted by molar-refractivity contribution is 6.42. The molecule has 0 spiro atoms. The number of nitrogens with one attached hydrogen (secondary N) is 1. The van der Waals surface area contributed by atoms with Crippen LogP contribution in [0.25, 0.3) is 16.9 Å². The van der Waals surface area contributed by atoms with Crippen molar-refractivity contribution in [2.45, 2.75) is 6.92 Å². The summed E-state index contributed by atoms with van der Waals surface area (Å²) in [6, 6.07) is 16.2. The molecule has 0 aliphatic rings. The fraction of sp³-hybridized carbons (Fsp3) is 0.130. The monoisotopic (exact) mass is 455 g/mol. The number of pyridine rings is 1. The summed E-state index contributed by atoms with van der Waals surface area (Å²) in [5, 5.41) is 3.77. The van der Waals surface area contributed by atoms with Crippen molar-refractivity contribution < 1.29 is 14.3 Å². The van der Waals surface area contributed by atoms with Gasteiger partial charge in [-0.3, -0.25) is 9.20 Å². The first-order valence-corrected chi connectivity index (χ1v) is 10.2. The van der Waals surface area contributed by atoms with E-state index in [0.29, 0.717) is 33.1 Å². The Kier molecular flexibility index (Phi) is 6.02. The first kappa shape index (κ1) is 21.0. The second-order valence-electron chi connectivity index (χ2n) is 6.81. The van der Waals surface area contributed by atoms with Crippen LogP contribution < -0.4 is 14.8 Å². The van der Waals surface area contributed by atoms with Gasteiger partial charge < -0.3 is 14.8 Å². The number of anilines is 1. The summed E-state index contributed by atoms with van der Waals surface area (Å²) in [6.45, 7) is 1.76. The lowest BCUT2D eigenvalue weighted by Gasteiger charge is -2.11. The molecule has 0 fully saturated rings. The molecule has 2 aromatic heterocycles. The highest BCUT2D eigenvalue weighted by Gasteiger charge is 2.19. The van der Waals surface area contributed by atoms with Crippen LogP contribution in [0.5, 0.6) is 11.5 Å². The number of para-hydroxylation sites is 2. The van der Waals surface area contributed by atoms with Gasteiger partial charge in [-0.1, -0.05) is 47.5 Å². The number of benzene rings is 2. The van der Waals surface area contributed by atoms with E-state index in [4.69, 9.17) is 37.7 Å². The molecular weight excluding hydrogens is 437 g/mol. The quantitative estimate of drug-likeness (QED) is 0.408. The van der Waals surface area contributed by atoms with Crippen LogP contribution >= 0.6 is 23.2 Å². The number of amides is 1. The maximum atomic E-state index is 12.8. The molecule has 2 heterocycles. The van der Waals surface area contributed by atoms with E-state index < -0.39 is 0 Å². The van der Waals surface area contributed by atoms with Gasteiger partial charge in [-0.05, 0) is 42.8 Å². The molecule has 0 saturated heterocycles. The second-order valence-corrected chi connectivity index (χ2v) is 7.62. The average molecular weight is 456 g/mol. The van der Waals surface area contributed by atoms with E-state index in [2.05, 4.69) is 5.32 Å². The van der Waals surface area contributed by atoms with Crippen molar-refractivity contribution in [2.75, 3.05) is 19.0 Å². The molecule has 6 nitrogen and oxygen atoms in total. The molecule has 4 rings (SSSR count).